The summed E-state index contributed by atoms with van der Waals surface area (Å²) in [4.78, 5) is 24.2. The van der Waals surface area contributed by atoms with Gasteiger partial charge in [-0.1, -0.05) is 11.8 Å². The summed E-state index contributed by atoms with van der Waals surface area (Å²) in [7, 11) is 1.71. The van der Waals surface area contributed by atoms with Crippen LogP contribution in [0.5, 0.6) is 0 Å². The number of aliphatic carboxylic acids is 1. The maximum atomic E-state index is 12.3. The third-order valence-electron chi connectivity index (χ3n) is 3.64. The third kappa shape index (κ3) is 2.53. The van der Waals surface area contributed by atoms with Crippen LogP contribution in [0.15, 0.2) is 16.4 Å². The van der Waals surface area contributed by atoms with Gasteiger partial charge in [-0.3, -0.25) is 9.69 Å². The summed E-state index contributed by atoms with van der Waals surface area (Å²) in [5.74, 6) is -0.565. The van der Waals surface area contributed by atoms with Crippen molar-refractivity contribution in [3.05, 3.63) is 11.3 Å². The molecule has 9 nitrogen and oxygen atoms in total. The van der Waals surface area contributed by atoms with Crippen molar-refractivity contribution in [1.82, 2.24) is 25.1 Å². The quantitative estimate of drug-likeness (QED) is 0.398. The van der Waals surface area contributed by atoms with Gasteiger partial charge in [-0.2, -0.15) is 0 Å². The van der Waals surface area contributed by atoms with Crippen LogP contribution in [-0.2, 0) is 16.6 Å². The van der Waals surface area contributed by atoms with Crippen LogP contribution in [0.2, 0.25) is 0 Å². The summed E-state index contributed by atoms with van der Waals surface area (Å²) in [5, 5.41) is 20.9. The summed E-state index contributed by atoms with van der Waals surface area (Å²) >= 11 is 4.07. The number of hydrogen-bond donors (Lipinski definition) is 2. The SMILES string of the molecule is CS[C@@]1(N)C(=O)N2C(C(=O)O)=C(CSc3nnnn3C)CSC21. The Bertz CT molecular complexity index is 707. The van der Waals surface area contributed by atoms with Crippen LogP contribution in [0.4, 0.5) is 0 Å². The van der Waals surface area contributed by atoms with Crippen LogP contribution in [0.1, 0.15) is 0 Å². The van der Waals surface area contributed by atoms with E-state index in [1.807, 2.05) is 0 Å². The van der Waals surface area contributed by atoms with Crippen molar-refractivity contribution >= 4 is 47.2 Å². The van der Waals surface area contributed by atoms with Crippen LogP contribution in [0.3, 0.4) is 0 Å². The van der Waals surface area contributed by atoms with Gasteiger partial charge >= 0.3 is 5.97 Å². The standard InChI is InChI=1S/C11H14N6O3S3/c1-16-10(13-14-15-16)23-4-5-3-22-9-11(12,21-2)8(20)17(9)6(5)7(18)19/h9H,3-4,12H2,1-2H3,(H,18,19)/t9?,11-/m0/s1. The number of fused-ring (bicyclic) bond motifs is 1. The van der Waals surface area contributed by atoms with Crippen LogP contribution >= 0.6 is 35.3 Å². The first kappa shape index (κ1) is 16.6. The topological polar surface area (TPSA) is 127 Å². The molecule has 2 aliphatic heterocycles. The number of β-lactam (4-membered cyclic amide) rings is 1. The second-order valence-corrected chi connectivity index (χ2v) is 8.06. The van der Waals surface area contributed by atoms with Crippen LogP contribution in [-0.4, -0.2) is 70.1 Å². The molecule has 1 fully saturated rings. The monoisotopic (exact) mass is 374 g/mol. The van der Waals surface area contributed by atoms with Gasteiger partial charge in [0.2, 0.25) is 5.16 Å². The lowest BCUT2D eigenvalue weighted by Crippen LogP contribution is -2.76. The number of rotatable bonds is 5. The number of nitrogens with zero attached hydrogens (tertiary/aromatic N) is 5. The highest BCUT2D eigenvalue weighted by Crippen LogP contribution is 2.49. The van der Waals surface area contributed by atoms with E-state index in [4.69, 9.17) is 5.73 Å². The van der Waals surface area contributed by atoms with E-state index in [1.54, 1.807) is 13.3 Å². The third-order valence-corrected chi connectivity index (χ3v) is 7.38. The fourth-order valence-electron chi connectivity index (χ4n) is 2.41. The predicted octanol–water partition coefficient (Wildman–Crippen LogP) is -0.426. The van der Waals surface area contributed by atoms with Gasteiger partial charge in [0.25, 0.3) is 5.91 Å². The minimum atomic E-state index is -1.11. The molecule has 0 radical (unpaired) electrons. The van der Waals surface area contributed by atoms with Crippen LogP contribution in [0, 0.1) is 0 Å². The highest BCUT2D eigenvalue weighted by molar-refractivity contribution is 8.05. The van der Waals surface area contributed by atoms with Crippen molar-refractivity contribution < 1.29 is 14.7 Å². The molecule has 124 valence electrons. The molecule has 1 aromatic heterocycles. The van der Waals surface area contributed by atoms with Crippen molar-refractivity contribution in [2.45, 2.75) is 15.4 Å². The number of carboxylic acids is 1. The van der Waals surface area contributed by atoms with Gasteiger partial charge in [-0.05, 0) is 22.3 Å². The molecular weight excluding hydrogens is 360 g/mol. The second kappa shape index (κ2) is 6.00. The highest BCUT2D eigenvalue weighted by Gasteiger charge is 2.62. The van der Waals surface area contributed by atoms with Crippen LogP contribution in [0.25, 0.3) is 0 Å². The Hall–Kier alpha value is -1.24. The molecular formula is C11H14N6O3S3. The molecule has 2 aliphatic rings. The Balaban J connectivity index is 1.85. The fraction of sp³-hybridized carbons (Fsp3) is 0.545. The molecule has 1 saturated heterocycles. The lowest BCUT2D eigenvalue weighted by Gasteiger charge is -2.54. The van der Waals surface area contributed by atoms with E-state index >= 15 is 0 Å². The number of carbonyl (C=O) groups is 2. The number of aromatic nitrogens is 4. The molecule has 3 N–H and O–H groups in total. The molecule has 23 heavy (non-hydrogen) atoms. The van der Waals surface area contributed by atoms with E-state index in [0.717, 1.165) is 0 Å². The van der Waals surface area contributed by atoms with Gasteiger partial charge in [-0.25, -0.2) is 9.48 Å². The maximum Gasteiger partial charge on any atom is 0.352 e. The summed E-state index contributed by atoms with van der Waals surface area (Å²) in [6.07, 6.45) is 1.76. The van der Waals surface area contributed by atoms with E-state index in [-0.39, 0.29) is 17.0 Å². The number of aryl methyl sites for hydroxylation is 1. The lowest BCUT2D eigenvalue weighted by atomic mass is 10.0. The van der Waals surface area contributed by atoms with E-state index in [2.05, 4.69) is 15.5 Å². The Morgan fingerprint density at radius 3 is 2.91 bits per heavy atom. The van der Waals surface area contributed by atoms with E-state index in [9.17, 15) is 14.7 Å². The molecule has 3 heterocycles. The summed E-state index contributed by atoms with van der Waals surface area (Å²) in [6.45, 7) is 0. The average molecular weight is 374 g/mol. The molecule has 1 amide bonds. The van der Waals surface area contributed by atoms with Crippen molar-refractivity contribution in [3.63, 3.8) is 0 Å². The predicted molar refractivity (Wildman–Crippen MR) is 87.7 cm³/mol. The minimum absolute atomic E-state index is 0.0384. The molecule has 0 bridgehead atoms. The Kier molecular flexibility index (Phi) is 4.33. The molecule has 2 atom stereocenters. The minimum Gasteiger partial charge on any atom is -0.477 e. The second-order valence-electron chi connectivity index (χ2n) is 4.97. The molecule has 12 heteroatoms. The maximum absolute atomic E-state index is 12.3. The Labute approximate surface area is 144 Å². The zero-order valence-electron chi connectivity index (χ0n) is 12.3. The van der Waals surface area contributed by atoms with Crippen LogP contribution < -0.4 is 5.73 Å². The van der Waals surface area contributed by atoms with Crippen molar-refractivity contribution in [2.24, 2.45) is 12.8 Å². The average Bonchev–Trinajstić information content (AvgIpc) is 2.95. The lowest BCUT2D eigenvalue weighted by molar-refractivity contribution is -0.149. The van der Waals surface area contributed by atoms with E-state index in [1.165, 1.54) is 44.9 Å². The first-order valence-corrected chi connectivity index (χ1v) is 9.75. The summed E-state index contributed by atoms with van der Waals surface area (Å²) in [5.41, 5.74) is 6.79. The number of carboxylic acid groups (broad SMARTS) is 1. The first-order chi connectivity index (χ1) is 10.9. The largest absolute Gasteiger partial charge is 0.477 e. The Morgan fingerprint density at radius 1 is 1.61 bits per heavy atom. The molecule has 1 aromatic rings. The molecule has 3 rings (SSSR count). The van der Waals surface area contributed by atoms with Crippen molar-refractivity contribution in [2.75, 3.05) is 17.8 Å². The van der Waals surface area contributed by atoms with Gasteiger partial charge in [-0.15, -0.1) is 28.6 Å². The van der Waals surface area contributed by atoms with Gasteiger partial charge < -0.3 is 10.8 Å². The van der Waals surface area contributed by atoms with Crippen molar-refractivity contribution in [1.29, 1.82) is 0 Å². The number of nitrogens with two attached hydrogens (primary N) is 1. The van der Waals surface area contributed by atoms with Gasteiger partial charge in [0, 0.05) is 18.6 Å². The fourth-order valence-corrected chi connectivity index (χ4v) is 5.77. The summed E-state index contributed by atoms with van der Waals surface area (Å²) in [6, 6.07) is 0. The molecule has 0 spiro atoms. The van der Waals surface area contributed by atoms with E-state index in [0.29, 0.717) is 22.2 Å². The Morgan fingerprint density at radius 2 is 2.35 bits per heavy atom. The number of tetrazole rings is 1. The number of amides is 1. The van der Waals surface area contributed by atoms with Gasteiger partial charge in [0.05, 0.1) is 0 Å². The van der Waals surface area contributed by atoms with E-state index < -0.39 is 10.8 Å². The highest BCUT2D eigenvalue weighted by atomic mass is 32.2. The molecule has 0 aliphatic carbocycles. The zero-order chi connectivity index (χ0) is 16.8. The van der Waals surface area contributed by atoms with Crippen molar-refractivity contribution in [3.8, 4) is 0 Å². The normalized spacial score (nSPS) is 27.0. The zero-order valence-corrected chi connectivity index (χ0v) is 14.7. The van der Waals surface area contributed by atoms with Gasteiger partial charge in [0.15, 0.2) is 4.87 Å². The van der Waals surface area contributed by atoms with Gasteiger partial charge in [0.1, 0.15) is 11.1 Å². The smallest absolute Gasteiger partial charge is 0.352 e. The summed E-state index contributed by atoms with van der Waals surface area (Å²) < 4.78 is 1.51. The molecule has 0 saturated carbocycles. The number of hydrogen-bond acceptors (Lipinski definition) is 9. The first-order valence-electron chi connectivity index (χ1n) is 6.50. The molecule has 0 aromatic carbocycles. The number of carbonyl (C=O) groups excluding carboxylic acids is 1. The molecule has 1 unspecified atom stereocenters. The number of thioether (sulfide) groups is 3.